The van der Waals surface area contributed by atoms with Crippen molar-refractivity contribution in [2.24, 2.45) is 17.6 Å². The van der Waals surface area contributed by atoms with Crippen molar-refractivity contribution in [2.75, 3.05) is 33.1 Å². The van der Waals surface area contributed by atoms with Gasteiger partial charge in [-0.05, 0) is 37.1 Å². The number of phenols is 1. The maximum Gasteiger partial charge on any atom is 0.305 e. The highest BCUT2D eigenvalue weighted by molar-refractivity contribution is 6.24. The van der Waals surface area contributed by atoms with Gasteiger partial charge in [-0.3, -0.25) is 24.1 Å². The molecule has 0 heterocycles. The lowest BCUT2D eigenvalue weighted by Crippen LogP contribution is -2.71. The molecule has 0 unspecified atom stereocenters. The van der Waals surface area contributed by atoms with Crippen LogP contribution in [0.15, 0.2) is 23.0 Å². The topological polar surface area (TPSA) is 191 Å². The average Bonchev–Trinajstić information content (AvgIpc) is 2.88. The molecule has 12 nitrogen and oxygen atoms in total. The van der Waals surface area contributed by atoms with Crippen LogP contribution in [0.1, 0.15) is 63.6 Å². The summed E-state index contributed by atoms with van der Waals surface area (Å²) >= 11 is 0. The molecule has 43 heavy (non-hydrogen) atoms. The number of hydrogen-bond donors (Lipinski definition) is 5. The van der Waals surface area contributed by atoms with Gasteiger partial charge in [-0.15, -0.1) is 0 Å². The van der Waals surface area contributed by atoms with Crippen LogP contribution in [0.2, 0.25) is 0 Å². The van der Waals surface area contributed by atoms with E-state index < -0.39 is 87.0 Å². The SMILES string of the molecule is CCC(=O)O[C@H]1[C@H]2C(=C(O)c3c(O)c(C(C)(C)C)cc(N(C)C)c3[C@@H]2C)C(=O)[C@]2(O)C(O)=C(C(N)=O)C(=O)[C@@H](N(C)C)[C@H]12. The van der Waals surface area contributed by atoms with Crippen molar-refractivity contribution in [2.45, 2.75) is 70.1 Å². The van der Waals surface area contributed by atoms with Gasteiger partial charge >= 0.3 is 5.97 Å². The Hall–Kier alpha value is -3.90. The number of phenolic OH excluding ortho intramolecular Hbond substituents is 1. The van der Waals surface area contributed by atoms with Gasteiger partial charge in [-0.25, -0.2) is 0 Å². The summed E-state index contributed by atoms with van der Waals surface area (Å²) in [5.41, 5.74) is 2.07. The van der Waals surface area contributed by atoms with Crippen molar-refractivity contribution in [3.63, 3.8) is 0 Å². The number of aliphatic hydroxyl groups is 3. The fraction of sp³-hybridized carbons (Fsp3) is 0.548. The van der Waals surface area contributed by atoms with Crippen molar-refractivity contribution in [3.8, 4) is 5.75 Å². The number of likely N-dealkylation sites (N-methyl/N-ethyl adjacent to an activating group) is 1. The molecule has 1 fully saturated rings. The van der Waals surface area contributed by atoms with Gasteiger partial charge in [0.05, 0.1) is 17.5 Å². The molecule has 3 aliphatic rings. The predicted molar refractivity (Wildman–Crippen MR) is 158 cm³/mol. The Labute approximate surface area is 250 Å². The molecule has 6 N–H and O–H groups in total. The third kappa shape index (κ3) is 4.41. The van der Waals surface area contributed by atoms with Crippen LogP contribution in [-0.2, 0) is 29.3 Å². The molecular weight excluding hydrogens is 558 g/mol. The van der Waals surface area contributed by atoms with Gasteiger partial charge in [0.1, 0.15) is 28.9 Å². The Morgan fingerprint density at radius 1 is 1.09 bits per heavy atom. The van der Waals surface area contributed by atoms with Gasteiger partial charge in [0.2, 0.25) is 5.78 Å². The molecule has 1 aromatic carbocycles. The first-order valence-electron chi connectivity index (χ1n) is 14.2. The predicted octanol–water partition coefficient (Wildman–Crippen LogP) is 1.82. The Bertz CT molecular complexity index is 1500. The fourth-order valence-corrected chi connectivity index (χ4v) is 7.03. The van der Waals surface area contributed by atoms with E-state index in [2.05, 4.69) is 0 Å². The molecule has 0 radical (unpaired) electrons. The molecule has 0 aromatic heterocycles. The average molecular weight is 600 g/mol. The third-order valence-electron chi connectivity index (χ3n) is 9.02. The van der Waals surface area contributed by atoms with E-state index in [-0.39, 0.29) is 17.7 Å². The lowest BCUT2D eigenvalue weighted by atomic mass is 9.54. The smallest absolute Gasteiger partial charge is 0.305 e. The Kier molecular flexibility index (Phi) is 7.73. The lowest BCUT2D eigenvalue weighted by Gasteiger charge is -2.54. The van der Waals surface area contributed by atoms with Crippen LogP contribution < -0.4 is 10.6 Å². The normalized spacial score (nSPS) is 28.9. The molecule has 0 spiro atoms. The van der Waals surface area contributed by atoms with E-state index in [0.29, 0.717) is 16.8 Å². The zero-order valence-corrected chi connectivity index (χ0v) is 26.0. The number of ketones is 2. The Balaban J connectivity index is 2.19. The van der Waals surface area contributed by atoms with Crippen LogP contribution in [0.4, 0.5) is 5.69 Å². The maximum atomic E-state index is 14.5. The van der Waals surface area contributed by atoms with Crippen molar-refractivity contribution in [3.05, 3.63) is 39.7 Å². The van der Waals surface area contributed by atoms with Crippen LogP contribution in [0.25, 0.3) is 5.76 Å². The molecule has 0 saturated heterocycles. The number of esters is 1. The summed E-state index contributed by atoms with van der Waals surface area (Å²) in [6.45, 7) is 8.91. The van der Waals surface area contributed by atoms with Crippen molar-refractivity contribution in [1.82, 2.24) is 4.90 Å². The van der Waals surface area contributed by atoms with E-state index in [1.807, 2.05) is 20.8 Å². The van der Waals surface area contributed by atoms with Gasteiger partial charge in [-0.2, -0.15) is 0 Å². The van der Waals surface area contributed by atoms with Crippen LogP contribution >= 0.6 is 0 Å². The number of nitrogens with zero attached hydrogens (tertiary/aromatic N) is 2. The molecule has 1 saturated carbocycles. The molecular formula is C31H41N3O9. The second kappa shape index (κ2) is 10.4. The molecule has 1 amide bonds. The molecule has 0 aliphatic heterocycles. The van der Waals surface area contributed by atoms with Crippen LogP contribution in [-0.4, -0.2) is 94.7 Å². The summed E-state index contributed by atoms with van der Waals surface area (Å²) in [5, 5.41) is 46.9. The summed E-state index contributed by atoms with van der Waals surface area (Å²) < 4.78 is 5.91. The molecule has 3 aliphatic carbocycles. The number of Topliss-reactive ketones (excluding diaryl/α,β-unsaturated/α-hetero) is 2. The van der Waals surface area contributed by atoms with E-state index in [9.17, 15) is 39.6 Å². The second-order valence-electron chi connectivity index (χ2n) is 13.1. The number of aliphatic hydroxyl groups excluding tert-OH is 2. The molecule has 1 aromatic rings. The first-order chi connectivity index (χ1) is 19.7. The van der Waals surface area contributed by atoms with Crippen LogP contribution in [0, 0.1) is 11.8 Å². The zero-order valence-electron chi connectivity index (χ0n) is 26.0. The largest absolute Gasteiger partial charge is 0.508 e. The number of benzene rings is 1. The number of anilines is 1. The second-order valence-corrected chi connectivity index (χ2v) is 13.1. The van der Waals surface area contributed by atoms with E-state index in [0.717, 1.165) is 0 Å². The fourth-order valence-electron chi connectivity index (χ4n) is 7.03. The number of fused-ring (bicyclic) bond motifs is 3. The van der Waals surface area contributed by atoms with E-state index in [1.165, 1.54) is 19.0 Å². The molecule has 4 rings (SSSR count). The van der Waals surface area contributed by atoms with Gasteiger partial charge < -0.3 is 35.8 Å². The summed E-state index contributed by atoms with van der Waals surface area (Å²) in [6.07, 6.45) is -1.53. The van der Waals surface area contributed by atoms with Crippen LogP contribution in [0.5, 0.6) is 5.75 Å². The molecule has 12 heteroatoms. The number of hydrogen-bond acceptors (Lipinski definition) is 11. The summed E-state index contributed by atoms with van der Waals surface area (Å²) in [4.78, 5) is 56.5. The molecule has 6 atom stereocenters. The van der Waals surface area contributed by atoms with E-state index in [4.69, 9.17) is 10.5 Å². The monoisotopic (exact) mass is 599 g/mol. The number of ether oxygens (including phenoxy) is 1. The first-order valence-corrected chi connectivity index (χ1v) is 14.2. The number of aromatic hydroxyl groups is 1. The number of carbonyl (C=O) groups is 4. The lowest BCUT2D eigenvalue weighted by molar-refractivity contribution is -0.185. The minimum Gasteiger partial charge on any atom is -0.508 e. The van der Waals surface area contributed by atoms with E-state index in [1.54, 1.807) is 38.9 Å². The highest BCUT2D eigenvalue weighted by Crippen LogP contribution is 2.59. The van der Waals surface area contributed by atoms with Crippen molar-refractivity contribution in [1.29, 1.82) is 0 Å². The van der Waals surface area contributed by atoms with Gasteiger partial charge in [-0.1, -0.05) is 34.6 Å². The number of amides is 1. The Morgan fingerprint density at radius 2 is 1.67 bits per heavy atom. The van der Waals surface area contributed by atoms with Crippen molar-refractivity contribution >= 4 is 34.9 Å². The minimum absolute atomic E-state index is 0.0273. The maximum absolute atomic E-state index is 14.5. The van der Waals surface area contributed by atoms with Crippen molar-refractivity contribution < 1.29 is 44.3 Å². The summed E-state index contributed by atoms with van der Waals surface area (Å²) in [5.74, 6) is -9.83. The standard InChI is InChI=1S/C31H41N3O9/c1-10-15(35)43-26-17-12(2)16-14(33(6)7)11-13(30(3,4)5)23(36)18(16)24(37)19(17)27(39)31(42)21(26)22(34(8)9)25(38)20(28(31)40)29(32)41/h11-12,17,21-22,26,36-37,40,42H,10H2,1-9H3,(H2,32,41)/t12-,17+,21+,22-,26-,31-/m0/s1. The highest BCUT2D eigenvalue weighted by atomic mass is 16.5. The minimum atomic E-state index is -2.98. The first kappa shape index (κ1) is 32.0. The third-order valence-corrected chi connectivity index (χ3v) is 9.02. The quantitative estimate of drug-likeness (QED) is 0.245. The number of carbonyl (C=O) groups excluding carboxylic acids is 4. The molecule has 0 bridgehead atoms. The van der Waals surface area contributed by atoms with E-state index >= 15 is 0 Å². The van der Waals surface area contributed by atoms with Gasteiger partial charge in [0.25, 0.3) is 5.91 Å². The summed E-state index contributed by atoms with van der Waals surface area (Å²) in [6, 6.07) is 0.376. The number of nitrogens with two attached hydrogens (primary N) is 1. The zero-order chi connectivity index (χ0) is 32.7. The van der Waals surface area contributed by atoms with Gasteiger partial charge in [0.15, 0.2) is 11.4 Å². The highest BCUT2D eigenvalue weighted by Gasteiger charge is 2.69. The van der Waals surface area contributed by atoms with Crippen LogP contribution in [0.3, 0.4) is 0 Å². The van der Waals surface area contributed by atoms with Gasteiger partial charge in [0, 0.05) is 43.3 Å². The Morgan fingerprint density at radius 3 is 2.14 bits per heavy atom. The molecule has 234 valence electrons. The summed E-state index contributed by atoms with van der Waals surface area (Å²) in [7, 11) is 6.53. The number of primary amides is 1. The number of rotatable bonds is 5.